The zero-order valence-corrected chi connectivity index (χ0v) is 13.9. The lowest BCUT2D eigenvalue weighted by molar-refractivity contribution is -0.109. The summed E-state index contributed by atoms with van der Waals surface area (Å²) in [5, 5.41) is 0. The number of thioether (sulfide) groups is 1. The Kier molecular flexibility index (Phi) is 5.45. The molecule has 6 heteroatoms. The summed E-state index contributed by atoms with van der Waals surface area (Å²) < 4.78 is 12.2. The van der Waals surface area contributed by atoms with Crippen molar-refractivity contribution in [2.45, 2.75) is 43.9 Å². The number of morpholine rings is 1. The Morgan fingerprint density at radius 1 is 1.48 bits per heavy atom. The van der Waals surface area contributed by atoms with Gasteiger partial charge in [0.05, 0.1) is 24.4 Å². The molecule has 4 unspecified atom stereocenters. The van der Waals surface area contributed by atoms with Gasteiger partial charge in [-0.25, -0.2) is 0 Å². The maximum Gasteiger partial charge on any atom is 0.0871 e. The first-order valence-corrected chi connectivity index (χ1v) is 9.43. The van der Waals surface area contributed by atoms with Crippen LogP contribution in [0.1, 0.15) is 26.2 Å². The Morgan fingerprint density at radius 2 is 2.38 bits per heavy atom. The standard InChI is InChI=1S/C15H29N3O2S/c1-2-18-5-7-19-13(10-18)14(17-16)12-3-6-20-15(9-12)4-8-21-11-15/h12-14,17H,2-11,16H2,1H3. The molecule has 3 aliphatic heterocycles. The summed E-state index contributed by atoms with van der Waals surface area (Å²) >= 11 is 2.02. The van der Waals surface area contributed by atoms with Crippen LogP contribution in [-0.4, -0.2) is 67.0 Å². The number of ether oxygens (including phenoxy) is 2. The second kappa shape index (κ2) is 7.15. The fourth-order valence-corrected chi connectivity index (χ4v) is 5.40. The van der Waals surface area contributed by atoms with E-state index in [0.717, 1.165) is 51.4 Å². The molecule has 0 bridgehead atoms. The van der Waals surface area contributed by atoms with Crippen LogP contribution in [0.2, 0.25) is 0 Å². The van der Waals surface area contributed by atoms with E-state index in [2.05, 4.69) is 17.2 Å². The van der Waals surface area contributed by atoms with Gasteiger partial charge in [0.1, 0.15) is 0 Å². The lowest BCUT2D eigenvalue weighted by Crippen LogP contribution is -2.59. The van der Waals surface area contributed by atoms with Crippen molar-refractivity contribution in [3.8, 4) is 0 Å². The van der Waals surface area contributed by atoms with E-state index in [9.17, 15) is 0 Å². The van der Waals surface area contributed by atoms with Crippen LogP contribution in [-0.2, 0) is 9.47 Å². The summed E-state index contributed by atoms with van der Waals surface area (Å²) in [5.41, 5.74) is 3.19. The van der Waals surface area contributed by atoms with Crippen LogP contribution < -0.4 is 11.3 Å². The average Bonchev–Trinajstić information content (AvgIpc) is 2.96. The van der Waals surface area contributed by atoms with E-state index in [1.165, 1.54) is 12.2 Å². The predicted molar refractivity (Wildman–Crippen MR) is 86.3 cm³/mol. The summed E-state index contributed by atoms with van der Waals surface area (Å²) in [6, 6.07) is 0.241. The molecule has 0 aromatic carbocycles. The van der Waals surface area contributed by atoms with Gasteiger partial charge in [-0.2, -0.15) is 11.8 Å². The first kappa shape index (κ1) is 16.0. The van der Waals surface area contributed by atoms with E-state index in [-0.39, 0.29) is 17.7 Å². The van der Waals surface area contributed by atoms with Crippen molar-refractivity contribution in [1.29, 1.82) is 0 Å². The molecule has 3 rings (SSSR count). The van der Waals surface area contributed by atoms with Gasteiger partial charge < -0.3 is 9.47 Å². The van der Waals surface area contributed by atoms with Gasteiger partial charge in [0, 0.05) is 25.4 Å². The number of hydrogen-bond acceptors (Lipinski definition) is 6. The number of likely N-dealkylation sites (N-methyl/N-ethyl adjacent to an activating group) is 1. The minimum absolute atomic E-state index is 0.113. The van der Waals surface area contributed by atoms with Crippen molar-refractivity contribution in [3.05, 3.63) is 0 Å². The van der Waals surface area contributed by atoms with E-state index >= 15 is 0 Å². The minimum atomic E-state index is 0.113. The Balaban J connectivity index is 1.64. The van der Waals surface area contributed by atoms with Crippen LogP contribution >= 0.6 is 11.8 Å². The van der Waals surface area contributed by atoms with Crippen LogP contribution in [0.25, 0.3) is 0 Å². The molecule has 0 saturated carbocycles. The highest BCUT2D eigenvalue weighted by Crippen LogP contribution is 2.41. The van der Waals surface area contributed by atoms with Gasteiger partial charge in [0.15, 0.2) is 0 Å². The van der Waals surface area contributed by atoms with E-state index in [1.807, 2.05) is 11.8 Å². The molecule has 0 amide bonds. The summed E-state index contributed by atoms with van der Waals surface area (Å²) in [5.74, 6) is 8.85. The number of nitrogens with zero attached hydrogens (tertiary/aromatic N) is 1. The fraction of sp³-hybridized carbons (Fsp3) is 1.00. The van der Waals surface area contributed by atoms with Gasteiger partial charge in [-0.15, -0.1) is 0 Å². The molecule has 1 spiro atoms. The molecule has 0 aromatic rings. The van der Waals surface area contributed by atoms with Crippen molar-refractivity contribution in [2.75, 3.05) is 44.4 Å². The Bertz CT molecular complexity index is 339. The molecule has 122 valence electrons. The molecule has 0 radical (unpaired) electrons. The lowest BCUT2D eigenvalue weighted by Gasteiger charge is -2.44. The first-order valence-electron chi connectivity index (χ1n) is 8.28. The zero-order valence-electron chi connectivity index (χ0n) is 13.1. The second-order valence-electron chi connectivity index (χ2n) is 6.58. The first-order chi connectivity index (χ1) is 10.3. The van der Waals surface area contributed by atoms with Crippen LogP contribution in [0, 0.1) is 5.92 Å². The highest BCUT2D eigenvalue weighted by atomic mass is 32.2. The monoisotopic (exact) mass is 315 g/mol. The Hall–Kier alpha value is 0.150. The highest BCUT2D eigenvalue weighted by molar-refractivity contribution is 7.99. The normalized spacial score (nSPS) is 39.7. The van der Waals surface area contributed by atoms with Crippen LogP contribution in [0.3, 0.4) is 0 Å². The lowest BCUT2D eigenvalue weighted by atomic mass is 9.79. The molecule has 0 aromatic heterocycles. The van der Waals surface area contributed by atoms with Gasteiger partial charge in [0.25, 0.3) is 0 Å². The number of nitrogens with one attached hydrogen (secondary N) is 1. The second-order valence-corrected chi connectivity index (χ2v) is 7.69. The van der Waals surface area contributed by atoms with Crippen molar-refractivity contribution >= 4 is 11.8 Å². The minimum Gasteiger partial charge on any atom is -0.374 e. The molecular formula is C15H29N3O2S. The third-order valence-electron chi connectivity index (χ3n) is 5.32. The van der Waals surface area contributed by atoms with Gasteiger partial charge in [-0.1, -0.05) is 6.92 Å². The fourth-order valence-electron chi connectivity index (χ4n) is 4.02. The van der Waals surface area contributed by atoms with E-state index in [0.29, 0.717) is 5.92 Å². The quantitative estimate of drug-likeness (QED) is 0.592. The molecule has 3 saturated heterocycles. The molecule has 3 N–H and O–H groups in total. The maximum atomic E-state index is 6.14. The van der Waals surface area contributed by atoms with Crippen LogP contribution in [0.15, 0.2) is 0 Å². The zero-order chi connectivity index (χ0) is 14.7. The van der Waals surface area contributed by atoms with E-state index in [1.54, 1.807) is 0 Å². The van der Waals surface area contributed by atoms with Crippen molar-refractivity contribution in [2.24, 2.45) is 11.8 Å². The molecule has 5 nitrogen and oxygen atoms in total. The summed E-state index contributed by atoms with van der Waals surface area (Å²) in [4.78, 5) is 2.46. The van der Waals surface area contributed by atoms with Gasteiger partial charge in [-0.05, 0) is 37.5 Å². The summed E-state index contributed by atoms with van der Waals surface area (Å²) in [6.07, 6.45) is 3.62. The van der Waals surface area contributed by atoms with Crippen LogP contribution in [0.4, 0.5) is 0 Å². The molecule has 4 atom stereocenters. The number of rotatable bonds is 4. The molecular weight excluding hydrogens is 286 g/mol. The smallest absolute Gasteiger partial charge is 0.0871 e. The molecule has 3 aliphatic rings. The Morgan fingerprint density at radius 3 is 3.10 bits per heavy atom. The van der Waals surface area contributed by atoms with Crippen LogP contribution in [0.5, 0.6) is 0 Å². The topological polar surface area (TPSA) is 59.8 Å². The summed E-state index contributed by atoms with van der Waals surface area (Å²) in [7, 11) is 0. The van der Waals surface area contributed by atoms with Crippen molar-refractivity contribution in [1.82, 2.24) is 10.3 Å². The number of nitrogens with two attached hydrogens (primary N) is 1. The van der Waals surface area contributed by atoms with E-state index in [4.69, 9.17) is 15.3 Å². The van der Waals surface area contributed by atoms with Gasteiger partial charge in [-0.3, -0.25) is 16.2 Å². The van der Waals surface area contributed by atoms with Gasteiger partial charge >= 0.3 is 0 Å². The number of hydrazine groups is 1. The largest absolute Gasteiger partial charge is 0.374 e. The molecule has 3 heterocycles. The average molecular weight is 315 g/mol. The molecule has 0 aliphatic carbocycles. The van der Waals surface area contributed by atoms with Crippen molar-refractivity contribution < 1.29 is 9.47 Å². The summed E-state index contributed by atoms with van der Waals surface area (Å²) in [6.45, 7) is 7.02. The molecule has 21 heavy (non-hydrogen) atoms. The predicted octanol–water partition coefficient (Wildman–Crippen LogP) is 0.841. The maximum absolute atomic E-state index is 6.14. The molecule has 3 fully saturated rings. The highest BCUT2D eigenvalue weighted by Gasteiger charge is 2.44. The SMILES string of the molecule is CCN1CCOC(C(NN)C2CCOC3(CCSC3)C2)C1. The van der Waals surface area contributed by atoms with Crippen molar-refractivity contribution in [3.63, 3.8) is 0 Å². The number of hydrogen-bond donors (Lipinski definition) is 2. The third kappa shape index (κ3) is 3.57. The third-order valence-corrected chi connectivity index (χ3v) is 6.55. The van der Waals surface area contributed by atoms with E-state index < -0.39 is 0 Å². The Labute approximate surface area is 132 Å². The van der Waals surface area contributed by atoms with Gasteiger partial charge in [0.2, 0.25) is 0 Å².